The van der Waals surface area contributed by atoms with E-state index in [2.05, 4.69) is 15.2 Å². The average molecular weight is 187 g/mol. The zero-order valence-corrected chi connectivity index (χ0v) is 7.69. The van der Waals surface area contributed by atoms with Crippen molar-refractivity contribution >= 4 is 0 Å². The molecule has 0 radical (unpaired) electrons. The summed E-state index contributed by atoms with van der Waals surface area (Å²) in [5, 5.41) is 6.28. The van der Waals surface area contributed by atoms with Crippen molar-refractivity contribution in [3.05, 3.63) is 46.5 Å². The molecule has 0 unspecified atom stereocenters. The number of aromatic nitrogens is 3. The molecule has 0 aliphatic rings. The normalized spacial score (nSPS) is 10.1. The van der Waals surface area contributed by atoms with Gasteiger partial charge in [-0.2, -0.15) is 5.10 Å². The minimum atomic E-state index is -0.200. The van der Waals surface area contributed by atoms with E-state index in [1.807, 2.05) is 19.1 Å². The monoisotopic (exact) mass is 187 g/mol. The topological polar surface area (TPSA) is 58.6 Å². The summed E-state index contributed by atoms with van der Waals surface area (Å²) in [6.07, 6.45) is 1.73. The first kappa shape index (κ1) is 8.62. The molecule has 0 saturated carbocycles. The van der Waals surface area contributed by atoms with E-state index in [1.165, 1.54) is 6.07 Å². The van der Waals surface area contributed by atoms with Crippen LogP contribution in [-0.4, -0.2) is 15.2 Å². The van der Waals surface area contributed by atoms with Gasteiger partial charge in [0, 0.05) is 23.5 Å². The molecule has 0 amide bonds. The predicted octanol–water partition coefficient (Wildman–Crippen LogP) is 1.14. The van der Waals surface area contributed by atoms with Gasteiger partial charge in [0.05, 0.1) is 5.69 Å². The van der Waals surface area contributed by atoms with E-state index < -0.39 is 0 Å². The third kappa shape index (κ3) is 1.69. The third-order valence-corrected chi connectivity index (χ3v) is 1.89. The standard InChI is InChI=1S/C10H9N3O/c1-7-2-3-8(6-11-7)9-4-5-10(14)13-12-9/h2-6H,1H3,(H,13,14). The van der Waals surface area contributed by atoms with Crippen LogP contribution in [0.25, 0.3) is 11.3 Å². The molecule has 2 aromatic heterocycles. The van der Waals surface area contributed by atoms with E-state index in [4.69, 9.17) is 0 Å². The summed E-state index contributed by atoms with van der Waals surface area (Å²) in [6, 6.07) is 6.94. The van der Waals surface area contributed by atoms with Crippen LogP contribution >= 0.6 is 0 Å². The predicted molar refractivity (Wildman–Crippen MR) is 52.8 cm³/mol. The summed E-state index contributed by atoms with van der Waals surface area (Å²) in [6.45, 7) is 1.92. The quantitative estimate of drug-likeness (QED) is 0.728. The van der Waals surface area contributed by atoms with E-state index in [0.717, 1.165) is 17.0 Å². The van der Waals surface area contributed by atoms with Crippen LogP contribution in [0.3, 0.4) is 0 Å². The van der Waals surface area contributed by atoms with Gasteiger partial charge in [0.15, 0.2) is 0 Å². The molecule has 4 nitrogen and oxygen atoms in total. The zero-order chi connectivity index (χ0) is 9.97. The van der Waals surface area contributed by atoms with E-state index in [-0.39, 0.29) is 5.56 Å². The van der Waals surface area contributed by atoms with Gasteiger partial charge in [-0.3, -0.25) is 9.78 Å². The molecule has 1 N–H and O–H groups in total. The lowest BCUT2D eigenvalue weighted by atomic mass is 10.2. The van der Waals surface area contributed by atoms with Crippen LogP contribution < -0.4 is 5.56 Å². The van der Waals surface area contributed by atoms with Crippen LogP contribution in [0.5, 0.6) is 0 Å². The van der Waals surface area contributed by atoms with Gasteiger partial charge in [0.2, 0.25) is 0 Å². The maximum atomic E-state index is 10.8. The smallest absolute Gasteiger partial charge is 0.264 e. The second-order valence-electron chi connectivity index (χ2n) is 2.99. The highest BCUT2D eigenvalue weighted by Crippen LogP contribution is 2.12. The number of aryl methyl sites for hydroxylation is 1. The Bertz CT molecular complexity index is 467. The molecule has 2 heterocycles. The van der Waals surface area contributed by atoms with Crippen molar-refractivity contribution in [2.75, 3.05) is 0 Å². The Balaban J connectivity index is 2.44. The number of nitrogens with one attached hydrogen (secondary N) is 1. The van der Waals surface area contributed by atoms with Gasteiger partial charge in [-0.1, -0.05) is 0 Å². The maximum absolute atomic E-state index is 10.8. The highest BCUT2D eigenvalue weighted by atomic mass is 16.1. The molecule has 0 atom stereocenters. The largest absolute Gasteiger partial charge is 0.268 e. The molecule has 0 aliphatic carbocycles. The van der Waals surface area contributed by atoms with Crippen molar-refractivity contribution in [1.29, 1.82) is 0 Å². The second-order valence-corrected chi connectivity index (χ2v) is 2.99. The number of hydrogen-bond donors (Lipinski definition) is 1. The average Bonchev–Trinajstić information content (AvgIpc) is 2.21. The van der Waals surface area contributed by atoms with Gasteiger partial charge in [0.1, 0.15) is 0 Å². The molecule has 0 fully saturated rings. The highest BCUT2D eigenvalue weighted by Gasteiger charge is 1.98. The van der Waals surface area contributed by atoms with Crippen LogP contribution in [0.1, 0.15) is 5.69 Å². The molecule has 0 spiro atoms. The summed E-state index contributed by atoms with van der Waals surface area (Å²) in [5.74, 6) is 0. The highest BCUT2D eigenvalue weighted by molar-refractivity contribution is 5.56. The first-order chi connectivity index (χ1) is 6.75. The Hall–Kier alpha value is -1.97. The Kier molecular flexibility index (Phi) is 2.10. The Morgan fingerprint density at radius 1 is 1.21 bits per heavy atom. The second kappa shape index (κ2) is 3.41. The molecule has 0 bridgehead atoms. The fraction of sp³-hybridized carbons (Fsp3) is 0.100. The Labute approximate surface area is 80.6 Å². The molecule has 2 aromatic rings. The fourth-order valence-corrected chi connectivity index (χ4v) is 1.12. The van der Waals surface area contributed by atoms with Gasteiger partial charge in [-0.15, -0.1) is 0 Å². The molecule has 4 heteroatoms. The lowest BCUT2D eigenvalue weighted by molar-refractivity contribution is 0.993. The molecule has 0 saturated heterocycles. The molecular formula is C10H9N3O. The van der Waals surface area contributed by atoms with Crippen LogP contribution in [0.2, 0.25) is 0 Å². The number of aromatic amines is 1. The molecule has 70 valence electrons. The Morgan fingerprint density at radius 3 is 2.64 bits per heavy atom. The van der Waals surface area contributed by atoms with E-state index in [0.29, 0.717) is 0 Å². The first-order valence-electron chi connectivity index (χ1n) is 4.24. The molecule has 14 heavy (non-hydrogen) atoms. The summed E-state index contributed by atoms with van der Waals surface area (Å²) in [7, 11) is 0. The molecule has 2 rings (SSSR count). The Morgan fingerprint density at radius 2 is 2.07 bits per heavy atom. The number of H-pyrrole nitrogens is 1. The van der Waals surface area contributed by atoms with Gasteiger partial charge in [0.25, 0.3) is 5.56 Å². The lowest BCUT2D eigenvalue weighted by Crippen LogP contribution is -2.05. The van der Waals surface area contributed by atoms with E-state index in [1.54, 1.807) is 12.3 Å². The SMILES string of the molecule is Cc1ccc(-c2ccc(=O)[nH]n2)cn1. The van der Waals surface area contributed by atoms with Crippen molar-refractivity contribution in [2.45, 2.75) is 6.92 Å². The first-order valence-corrected chi connectivity index (χ1v) is 4.24. The van der Waals surface area contributed by atoms with Gasteiger partial charge < -0.3 is 0 Å². The van der Waals surface area contributed by atoms with Gasteiger partial charge in [-0.25, -0.2) is 5.10 Å². The van der Waals surface area contributed by atoms with Crippen molar-refractivity contribution in [2.24, 2.45) is 0 Å². The van der Waals surface area contributed by atoms with Gasteiger partial charge in [-0.05, 0) is 25.1 Å². The van der Waals surface area contributed by atoms with E-state index in [9.17, 15) is 4.79 Å². The van der Waals surface area contributed by atoms with Crippen molar-refractivity contribution in [3.63, 3.8) is 0 Å². The van der Waals surface area contributed by atoms with E-state index >= 15 is 0 Å². The number of nitrogens with zero attached hydrogens (tertiary/aromatic N) is 2. The number of pyridine rings is 1. The maximum Gasteiger partial charge on any atom is 0.264 e. The van der Waals surface area contributed by atoms with Crippen LogP contribution in [0.15, 0.2) is 35.3 Å². The summed E-state index contributed by atoms with van der Waals surface area (Å²) in [4.78, 5) is 14.9. The molecular weight excluding hydrogens is 178 g/mol. The van der Waals surface area contributed by atoms with Gasteiger partial charge >= 0.3 is 0 Å². The molecule has 0 aliphatic heterocycles. The van der Waals surface area contributed by atoms with Crippen molar-refractivity contribution < 1.29 is 0 Å². The van der Waals surface area contributed by atoms with Crippen molar-refractivity contribution in [1.82, 2.24) is 15.2 Å². The summed E-state index contributed by atoms with van der Waals surface area (Å²) < 4.78 is 0. The minimum Gasteiger partial charge on any atom is -0.268 e. The zero-order valence-electron chi connectivity index (χ0n) is 7.69. The number of hydrogen-bond acceptors (Lipinski definition) is 3. The third-order valence-electron chi connectivity index (χ3n) is 1.89. The minimum absolute atomic E-state index is 0.200. The molecule has 0 aromatic carbocycles. The van der Waals surface area contributed by atoms with Crippen LogP contribution in [0, 0.1) is 6.92 Å². The van der Waals surface area contributed by atoms with Crippen LogP contribution in [0.4, 0.5) is 0 Å². The fourth-order valence-electron chi connectivity index (χ4n) is 1.12. The lowest BCUT2D eigenvalue weighted by Gasteiger charge is -1.98. The van der Waals surface area contributed by atoms with Crippen LogP contribution in [-0.2, 0) is 0 Å². The number of rotatable bonds is 1. The van der Waals surface area contributed by atoms with Crippen molar-refractivity contribution in [3.8, 4) is 11.3 Å². The summed E-state index contributed by atoms with van der Waals surface area (Å²) in [5.41, 5.74) is 2.37. The summed E-state index contributed by atoms with van der Waals surface area (Å²) >= 11 is 0.